The number of hydrogen-bond acceptors (Lipinski definition) is 2. The average Bonchev–Trinajstić information content (AvgIpc) is 2.69. The highest BCUT2D eigenvalue weighted by atomic mass is 19.1. The molecule has 5 heteroatoms. The largest absolute Gasteiger partial charge is 0.384 e. The SMILES string of the molecule is CC(O)(CNC(=O)Nc1ccccc1F)c1ccc(-c2ccccc2)cc1. The molecule has 3 rings (SSSR count). The maximum absolute atomic E-state index is 13.6. The summed E-state index contributed by atoms with van der Waals surface area (Å²) < 4.78 is 13.6. The molecule has 0 saturated heterocycles. The fourth-order valence-electron chi connectivity index (χ4n) is 2.74. The topological polar surface area (TPSA) is 61.4 Å². The molecule has 0 bridgehead atoms. The molecule has 0 aromatic heterocycles. The maximum atomic E-state index is 13.6. The van der Waals surface area contributed by atoms with E-state index >= 15 is 0 Å². The van der Waals surface area contributed by atoms with Crippen molar-refractivity contribution in [2.75, 3.05) is 11.9 Å². The van der Waals surface area contributed by atoms with Crippen molar-refractivity contribution in [2.24, 2.45) is 0 Å². The molecule has 1 atom stereocenters. The van der Waals surface area contributed by atoms with E-state index in [0.717, 1.165) is 11.1 Å². The van der Waals surface area contributed by atoms with E-state index in [2.05, 4.69) is 10.6 Å². The number of rotatable bonds is 5. The van der Waals surface area contributed by atoms with Gasteiger partial charge < -0.3 is 15.7 Å². The molecule has 0 radical (unpaired) electrons. The molecule has 0 spiro atoms. The van der Waals surface area contributed by atoms with Gasteiger partial charge in [-0.1, -0.05) is 66.7 Å². The lowest BCUT2D eigenvalue weighted by molar-refractivity contribution is 0.0600. The van der Waals surface area contributed by atoms with E-state index < -0.39 is 17.4 Å². The van der Waals surface area contributed by atoms with Gasteiger partial charge in [0.25, 0.3) is 0 Å². The van der Waals surface area contributed by atoms with Crippen LogP contribution in [-0.2, 0) is 5.60 Å². The van der Waals surface area contributed by atoms with E-state index in [1.165, 1.54) is 12.1 Å². The first-order valence-corrected chi connectivity index (χ1v) is 8.63. The van der Waals surface area contributed by atoms with Crippen LogP contribution in [0, 0.1) is 5.82 Å². The number of amides is 2. The van der Waals surface area contributed by atoms with Crippen molar-refractivity contribution < 1.29 is 14.3 Å². The van der Waals surface area contributed by atoms with Crippen LogP contribution in [0.5, 0.6) is 0 Å². The Kier molecular flexibility index (Phi) is 5.52. The summed E-state index contributed by atoms with van der Waals surface area (Å²) in [7, 11) is 0. The minimum atomic E-state index is -1.26. The first-order valence-electron chi connectivity index (χ1n) is 8.63. The van der Waals surface area contributed by atoms with Crippen LogP contribution in [0.4, 0.5) is 14.9 Å². The van der Waals surface area contributed by atoms with Gasteiger partial charge in [0.1, 0.15) is 11.4 Å². The molecule has 0 aliphatic rings. The van der Waals surface area contributed by atoms with Gasteiger partial charge in [-0.2, -0.15) is 0 Å². The van der Waals surface area contributed by atoms with Gasteiger partial charge in [-0.15, -0.1) is 0 Å². The Hall–Kier alpha value is -3.18. The third-order valence-corrected chi connectivity index (χ3v) is 4.33. The zero-order valence-corrected chi connectivity index (χ0v) is 14.9. The molecule has 27 heavy (non-hydrogen) atoms. The van der Waals surface area contributed by atoms with Crippen LogP contribution in [0.3, 0.4) is 0 Å². The van der Waals surface area contributed by atoms with E-state index in [1.807, 2.05) is 54.6 Å². The molecule has 138 valence electrons. The highest BCUT2D eigenvalue weighted by Gasteiger charge is 2.24. The molecule has 2 amide bonds. The zero-order valence-electron chi connectivity index (χ0n) is 14.9. The third-order valence-electron chi connectivity index (χ3n) is 4.33. The van der Waals surface area contributed by atoms with E-state index in [9.17, 15) is 14.3 Å². The van der Waals surface area contributed by atoms with Crippen molar-refractivity contribution in [3.8, 4) is 11.1 Å². The summed E-state index contributed by atoms with van der Waals surface area (Å²) in [5.74, 6) is -0.518. The Labute approximate surface area is 157 Å². The quantitative estimate of drug-likeness (QED) is 0.623. The third kappa shape index (κ3) is 4.71. The zero-order chi connectivity index (χ0) is 19.3. The number of aliphatic hydroxyl groups is 1. The monoisotopic (exact) mass is 364 g/mol. The summed E-state index contributed by atoms with van der Waals surface area (Å²) in [6.45, 7) is 1.60. The summed E-state index contributed by atoms with van der Waals surface area (Å²) >= 11 is 0. The number of carbonyl (C=O) groups is 1. The average molecular weight is 364 g/mol. The molecule has 3 aromatic rings. The van der Waals surface area contributed by atoms with Crippen molar-refractivity contribution >= 4 is 11.7 Å². The number of nitrogens with one attached hydrogen (secondary N) is 2. The van der Waals surface area contributed by atoms with Gasteiger partial charge in [-0.05, 0) is 35.7 Å². The molecule has 1 unspecified atom stereocenters. The molecule has 0 aliphatic carbocycles. The second-order valence-corrected chi connectivity index (χ2v) is 6.50. The number of halogens is 1. The van der Waals surface area contributed by atoms with E-state index in [4.69, 9.17) is 0 Å². The summed E-state index contributed by atoms with van der Waals surface area (Å²) in [6.07, 6.45) is 0. The Morgan fingerprint density at radius 1 is 0.926 bits per heavy atom. The predicted octanol–water partition coefficient (Wildman–Crippen LogP) is 4.52. The van der Waals surface area contributed by atoms with Crippen molar-refractivity contribution in [1.82, 2.24) is 5.32 Å². The molecule has 3 N–H and O–H groups in total. The summed E-state index contributed by atoms with van der Waals surface area (Å²) in [5, 5.41) is 15.7. The van der Waals surface area contributed by atoms with Crippen LogP contribution >= 0.6 is 0 Å². The summed E-state index contributed by atoms with van der Waals surface area (Å²) in [5.41, 5.74) is 1.63. The number of anilines is 1. The fraction of sp³-hybridized carbons (Fsp3) is 0.136. The van der Waals surface area contributed by atoms with Gasteiger partial charge >= 0.3 is 6.03 Å². The van der Waals surface area contributed by atoms with E-state index in [0.29, 0.717) is 5.56 Å². The molecule has 0 aliphatic heterocycles. The number of hydrogen-bond donors (Lipinski definition) is 3. The van der Waals surface area contributed by atoms with Gasteiger partial charge in [-0.25, -0.2) is 9.18 Å². The van der Waals surface area contributed by atoms with E-state index in [-0.39, 0.29) is 12.2 Å². The maximum Gasteiger partial charge on any atom is 0.319 e. The Bertz CT molecular complexity index is 909. The number of urea groups is 1. The molecule has 0 saturated carbocycles. The van der Waals surface area contributed by atoms with Crippen molar-refractivity contribution in [2.45, 2.75) is 12.5 Å². The molecule has 0 heterocycles. The van der Waals surface area contributed by atoms with Crippen LogP contribution in [0.15, 0.2) is 78.9 Å². The Morgan fingerprint density at radius 3 is 2.19 bits per heavy atom. The van der Waals surface area contributed by atoms with Crippen molar-refractivity contribution in [3.63, 3.8) is 0 Å². The molecule has 4 nitrogen and oxygen atoms in total. The van der Waals surface area contributed by atoms with Crippen molar-refractivity contribution in [1.29, 1.82) is 0 Å². The minimum Gasteiger partial charge on any atom is -0.384 e. The summed E-state index contributed by atoms with van der Waals surface area (Å²) in [6, 6.07) is 22.8. The first kappa shape index (κ1) is 18.6. The highest BCUT2D eigenvalue weighted by molar-refractivity contribution is 5.89. The second-order valence-electron chi connectivity index (χ2n) is 6.50. The molecule has 3 aromatic carbocycles. The number of para-hydroxylation sites is 1. The minimum absolute atomic E-state index is 0.0159. The fourth-order valence-corrected chi connectivity index (χ4v) is 2.74. The first-order chi connectivity index (χ1) is 13.0. The van der Waals surface area contributed by atoms with Crippen LogP contribution in [0.2, 0.25) is 0 Å². The second kappa shape index (κ2) is 8.01. The van der Waals surface area contributed by atoms with Crippen LogP contribution in [0.1, 0.15) is 12.5 Å². The molecular formula is C22H21FN2O2. The van der Waals surface area contributed by atoms with Gasteiger partial charge in [0.05, 0.1) is 12.2 Å². The Balaban J connectivity index is 1.62. The van der Waals surface area contributed by atoms with Gasteiger partial charge in [0, 0.05) is 0 Å². The lowest BCUT2D eigenvalue weighted by Gasteiger charge is -2.24. The smallest absolute Gasteiger partial charge is 0.319 e. The molecular weight excluding hydrogens is 343 g/mol. The van der Waals surface area contributed by atoms with Crippen LogP contribution in [-0.4, -0.2) is 17.7 Å². The Morgan fingerprint density at radius 2 is 1.52 bits per heavy atom. The van der Waals surface area contributed by atoms with Gasteiger partial charge in [0.15, 0.2) is 0 Å². The number of benzene rings is 3. The highest BCUT2D eigenvalue weighted by Crippen LogP contribution is 2.25. The lowest BCUT2D eigenvalue weighted by Crippen LogP contribution is -2.40. The van der Waals surface area contributed by atoms with Gasteiger partial charge in [0.2, 0.25) is 0 Å². The normalized spacial score (nSPS) is 12.9. The van der Waals surface area contributed by atoms with E-state index in [1.54, 1.807) is 19.1 Å². The lowest BCUT2D eigenvalue weighted by atomic mass is 9.94. The molecule has 0 fully saturated rings. The van der Waals surface area contributed by atoms with Crippen molar-refractivity contribution in [3.05, 3.63) is 90.2 Å². The van der Waals surface area contributed by atoms with Crippen LogP contribution in [0.25, 0.3) is 11.1 Å². The predicted molar refractivity (Wildman–Crippen MR) is 105 cm³/mol. The number of carbonyl (C=O) groups excluding carboxylic acids is 1. The van der Waals surface area contributed by atoms with Gasteiger partial charge in [-0.3, -0.25) is 0 Å². The summed E-state index contributed by atoms with van der Waals surface area (Å²) in [4.78, 5) is 12.0. The standard InChI is InChI=1S/C22H21FN2O2/c1-22(27,15-24-21(26)25-20-10-6-5-9-19(20)23)18-13-11-17(12-14-18)16-7-3-2-4-8-16/h2-14,27H,15H2,1H3,(H2,24,25,26). The van der Waals surface area contributed by atoms with Crippen LogP contribution < -0.4 is 10.6 Å².